The molecule has 70 valence electrons. The molecular formula is C10H13FN2. The van der Waals surface area contributed by atoms with E-state index in [0.29, 0.717) is 0 Å². The number of fused-ring (bicyclic) bond motifs is 1. The van der Waals surface area contributed by atoms with Gasteiger partial charge in [0.15, 0.2) is 0 Å². The maximum absolute atomic E-state index is 12.9. The van der Waals surface area contributed by atoms with E-state index < -0.39 is 0 Å². The van der Waals surface area contributed by atoms with Crippen LogP contribution in [0.15, 0.2) is 12.3 Å². The van der Waals surface area contributed by atoms with Gasteiger partial charge in [0.1, 0.15) is 5.82 Å². The van der Waals surface area contributed by atoms with Crippen LogP contribution in [0.2, 0.25) is 0 Å². The van der Waals surface area contributed by atoms with Crippen molar-refractivity contribution in [2.24, 2.45) is 5.73 Å². The van der Waals surface area contributed by atoms with Crippen molar-refractivity contribution in [2.75, 3.05) is 0 Å². The minimum absolute atomic E-state index is 0.171. The Bertz CT molecular complexity index is 312. The maximum Gasteiger partial charge on any atom is 0.141 e. The maximum atomic E-state index is 12.9. The van der Waals surface area contributed by atoms with E-state index in [9.17, 15) is 4.39 Å². The number of rotatable bonds is 0. The average Bonchev–Trinajstić information content (AvgIpc) is 2.25. The molecule has 1 heterocycles. The molecule has 1 aliphatic carbocycles. The Kier molecular flexibility index (Phi) is 2.27. The van der Waals surface area contributed by atoms with Crippen LogP contribution >= 0.6 is 0 Å². The number of nitrogens with zero attached hydrogens (tertiary/aromatic N) is 1. The first kappa shape index (κ1) is 8.63. The summed E-state index contributed by atoms with van der Waals surface area (Å²) < 4.78 is 12.9. The number of aromatic nitrogens is 1. The fourth-order valence-corrected chi connectivity index (χ4v) is 1.83. The number of pyridine rings is 1. The third-order valence-electron chi connectivity index (χ3n) is 2.50. The minimum Gasteiger partial charge on any atom is -0.327 e. The van der Waals surface area contributed by atoms with Crippen LogP contribution in [0.25, 0.3) is 0 Å². The highest BCUT2D eigenvalue weighted by Gasteiger charge is 2.14. The van der Waals surface area contributed by atoms with Crippen LogP contribution in [0.3, 0.4) is 0 Å². The van der Waals surface area contributed by atoms with Crippen molar-refractivity contribution in [3.8, 4) is 0 Å². The van der Waals surface area contributed by atoms with Gasteiger partial charge >= 0.3 is 0 Å². The highest BCUT2D eigenvalue weighted by atomic mass is 19.1. The molecule has 3 heteroatoms. The van der Waals surface area contributed by atoms with Crippen molar-refractivity contribution in [3.05, 3.63) is 29.3 Å². The van der Waals surface area contributed by atoms with Crippen molar-refractivity contribution in [2.45, 2.75) is 31.7 Å². The van der Waals surface area contributed by atoms with Gasteiger partial charge in [0, 0.05) is 11.7 Å². The normalized spacial score (nSPS) is 22.2. The summed E-state index contributed by atoms with van der Waals surface area (Å²) in [6.45, 7) is 0. The quantitative estimate of drug-likeness (QED) is 0.613. The number of halogens is 1. The van der Waals surface area contributed by atoms with Gasteiger partial charge in [-0.25, -0.2) is 4.39 Å². The van der Waals surface area contributed by atoms with Gasteiger partial charge in [0.05, 0.1) is 6.20 Å². The molecule has 13 heavy (non-hydrogen) atoms. The fourth-order valence-electron chi connectivity index (χ4n) is 1.83. The molecule has 2 N–H and O–H groups in total. The van der Waals surface area contributed by atoms with Gasteiger partial charge in [-0.2, -0.15) is 0 Å². The summed E-state index contributed by atoms with van der Waals surface area (Å²) in [4.78, 5) is 4.08. The lowest BCUT2D eigenvalue weighted by Gasteiger charge is -2.07. The molecule has 0 aromatic carbocycles. The predicted octanol–water partition coefficient (Wildman–Crippen LogP) is 1.43. The van der Waals surface area contributed by atoms with Crippen LogP contribution in [0.5, 0.6) is 0 Å². The lowest BCUT2D eigenvalue weighted by Crippen LogP contribution is -2.21. The first-order valence-electron chi connectivity index (χ1n) is 4.64. The monoisotopic (exact) mass is 180 g/mol. The van der Waals surface area contributed by atoms with E-state index in [2.05, 4.69) is 4.98 Å². The Balaban J connectivity index is 2.35. The standard InChI is InChI=1S/C10H13FN2/c11-8-4-7-5-9(12)2-1-3-10(7)13-6-8/h4,6,9H,1-3,5,12H2/t9-/m1/s1. The summed E-state index contributed by atoms with van der Waals surface area (Å²) in [5.74, 6) is -0.257. The second-order valence-corrected chi connectivity index (χ2v) is 3.62. The van der Waals surface area contributed by atoms with Crippen molar-refractivity contribution < 1.29 is 4.39 Å². The first-order valence-corrected chi connectivity index (χ1v) is 4.64. The van der Waals surface area contributed by atoms with Crippen molar-refractivity contribution in [1.82, 2.24) is 4.98 Å². The molecule has 0 spiro atoms. The number of hydrogen-bond acceptors (Lipinski definition) is 2. The van der Waals surface area contributed by atoms with Crippen molar-refractivity contribution >= 4 is 0 Å². The molecule has 0 amide bonds. The van der Waals surface area contributed by atoms with E-state index in [0.717, 1.165) is 36.9 Å². The molecule has 0 fully saturated rings. The summed E-state index contributed by atoms with van der Waals surface area (Å²) in [6.07, 6.45) is 5.06. The zero-order valence-corrected chi connectivity index (χ0v) is 7.46. The van der Waals surface area contributed by atoms with Gasteiger partial charge in [-0.3, -0.25) is 4.98 Å². The van der Waals surface area contributed by atoms with Gasteiger partial charge in [-0.1, -0.05) is 0 Å². The van der Waals surface area contributed by atoms with Gasteiger partial charge in [0.25, 0.3) is 0 Å². The van der Waals surface area contributed by atoms with Crippen LogP contribution in [0.1, 0.15) is 24.1 Å². The van der Waals surface area contributed by atoms with E-state index in [1.807, 2.05) is 0 Å². The number of nitrogens with two attached hydrogens (primary N) is 1. The van der Waals surface area contributed by atoms with Crippen molar-refractivity contribution in [3.63, 3.8) is 0 Å². The Morgan fingerprint density at radius 1 is 1.54 bits per heavy atom. The molecule has 0 radical (unpaired) electrons. The molecule has 0 saturated heterocycles. The summed E-state index contributed by atoms with van der Waals surface area (Å²) in [7, 11) is 0. The third-order valence-corrected chi connectivity index (χ3v) is 2.50. The summed E-state index contributed by atoms with van der Waals surface area (Å²) in [6, 6.07) is 1.73. The zero-order valence-electron chi connectivity index (χ0n) is 7.46. The fraction of sp³-hybridized carbons (Fsp3) is 0.500. The highest BCUT2D eigenvalue weighted by molar-refractivity contribution is 5.23. The molecule has 1 aliphatic rings. The Hall–Kier alpha value is -0.960. The third kappa shape index (κ3) is 1.86. The van der Waals surface area contributed by atoms with Crippen LogP contribution in [0.4, 0.5) is 4.39 Å². The number of aryl methyl sites for hydroxylation is 1. The lowest BCUT2D eigenvalue weighted by molar-refractivity contribution is 0.599. The molecule has 2 rings (SSSR count). The molecule has 1 aromatic rings. The van der Waals surface area contributed by atoms with E-state index in [1.54, 1.807) is 6.07 Å². The number of hydrogen-bond donors (Lipinski definition) is 1. The van der Waals surface area contributed by atoms with E-state index in [1.165, 1.54) is 6.20 Å². The zero-order chi connectivity index (χ0) is 9.26. The minimum atomic E-state index is -0.257. The van der Waals surface area contributed by atoms with Gasteiger partial charge in [-0.15, -0.1) is 0 Å². The molecule has 0 saturated carbocycles. The molecule has 0 aliphatic heterocycles. The van der Waals surface area contributed by atoms with E-state index in [4.69, 9.17) is 5.73 Å². The van der Waals surface area contributed by atoms with Gasteiger partial charge in [0.2, 0.25) is 0 Å². The smallest absolute Gasteiger partial charge is 0.141 e. The summed E-state index contributed by atoms with van der Waals surface area (Å²) >= 11 is 0. The van der Waals surface area contributed by atoms with E-state index in [-0.39, 0.29) is 11.9 Å². The van der Waals surface area contributed by atoms with Gasteiger partial charge in [-0.05, 0) is 37.3 Å². The van der Waals surface area contributed by atoms with Crippen LogP contribution in [-0.2, 0) is 12.8 Å². The highest BCUT2D eigenvalue weighted by Crippen LogP contribution is 2.18. The second kappa shape index (κ2) is 3.42. The Morgan fingerprint density at radius 2 is 2.38 bits per heavy atom. The van der Waals surface area contributed by atoms with E-state index >= 15 is 0 Å². The molecule has 2 nitrogen and oxygen atoms in total. The Labute approximate surface area is 77.0 Å². The second-order valence-electron chi connectivity index (χ2n) is 3.62. The Morgan fingerprint density at radius 3 is 3.23 bits per heavy atom. The predicted molar refractivity (Wildman–Crippen MR) is 48.8 cm³/mol. The van der Waals surface area contributed by atoms with Crippen molar-refractivity contribution in [1.29, 1.82) is 0 Å². The SMILES string of the molecule is N[C@@H]1CCCc2ncc(F)cc2C1. The molecule has 1 atom stereocenters. The topological polar surface area (TPSA) is 38.9 Å². The lowest BCUT2D eigenvalue weighted by atomic mass is 10.1. The molecule has 0 unspecified atom stereocenters. The average molecular weight is 180 g/mol. The van der Waals surface area contributed by atoms with Gasteiger partial charge < -0.3 is 5.73 Å². The summed E-state index contributed by atoms with van der Waals surface area (Å²) in [5.41, 5.74) is 7.86. The van der Waals surface area contributed by atoms with Crippen LogP contribution in [-0.4, -0.2) is 11.0 Å². The largest absolute Gasteiger partial charge is 0.327 e. The molecule has 0 bridgehead atoms. The van der Waals surface area contributed by atoms with Crippen LogP contribution in [0, 0.1) is 5.82 Å². The molecular weight excluding hydrogens is 167 g/mol. The summed E-state index contributed by atoms with van der Waals surface area (Å²) in [5, 5.41) is 0. The first-order chi connectivity index (χ1) is 6.25. The molecule has 1 aromatic heterocycles. The van der Waals surface area contributed by atoms with Crippen LogP contribution < -0.4 is 5.73 Å².